The van der Waals surface area contributed by atoms with E-state index in [-0.39, 0.29) is 12.5 Å². The van der Waals surface area contributed by atoms with Gasteiger partial charge in [0.15, 0.2) is 0 Å². The monoisotopic (exact) mass is 417 g/mol. The molecule has 4 rings (SSSR count). The molecule has 0 aliphatic carbocycles. The molecule has 1 N–H and O–H groups in total. The number of carbonyl (C=O) groups excluding carboxylic acids is 3. The molecule has 160 valence electrons. The van der Waals surface area contributed by atoms with Crippen LogP contribution in [0.3, 0.4) is 0 Å². The molecule has 1 aromatic heterocycles. The van der Waals surface area contributed by atoms with Crippen molar-refractivity contribution in [2.75, 3.05) is 19.6 Å². The number of fused-ring (bicyclic) bond motifs is 1. The van der Waals surface area contributed by atoms with Gasteiger partial charge in [-0.2, -0.15) is 0 Å². The Labute approximate surface area is 181 Å². The number of likely N-dealkylation sites (tertiary alicyclic amines) is 1. The molecule has 31 heavy (non-hydrogen) atoms. The van der Waals surface area contributed by atoms with Gasteiger partial charge in [-0.3, -0.25) is 14.4 Å². The van der Waals surface area contributed by atoms with Gasteiger partial charge < -0.3 is 14.8 Å². The van der Waals surface area contributed by atoms with Crippen molar-refractivity contribution in [1.29, 1.82) is 0 Å². The summed E-state index contributed by atoms with van der Waals surface area (Å²) in [5.41, 5.74) is 2.30. The molecule has 1 saturated heterocycles. The Bertz CT molecular complexity index is 1080. The van der Waals surface area contributed by atoms with E-state index < -0.39 is 11.7 Å². The largest absolute Gasteiger partial charge is 0.354 e. The molecular weight excluding hydrogens is 390 g/mol. The minimum Gasteiger partial charge on any atom is -0.354 e. The highest BCUT2D eigenvalue weighted by molar-refractivity contribution is 6.44. The van der Waals surface area contributed by atoms with Crippen molar-refractivity contribution in [3.8, 4) is 0 Å². The molecule has 3 aromatic rings. The number of nitrogens with zero attached hydrogens (tertiary/aromatic N) is 2. The molecule has 0 radical (unpaired) electrons. The van der Waals surface area contributed by atoms with Crippen LogP contribution in [0.4, 0.5) is 0 Å². The van der Waals surface area contributed by atoms with Gasteiger partial charge in [-0.1, -0.05) is 48.5 Å². The van der Waals surface area contributed by atoms with Crippen LogP contribution in [0.25, 0.3) is 10.9 Å². The van der Waals surface area contributed by atoms with Gasteiger partial charge in [0, 0.05) is 36.7 Å². The molecule has 6 nitrogen and oxygen atoms in total. The SMILES string of the molecule is O=C(Cn1cc(C(=O)C(=O)N2CCCCC2)c2ccccc21)NCCc1ccccc1. The highest BCUT2D eigenvalue weighted by Gasteiger charge is 2.27. The number of Topliss-reactive ketones (excluding diaryl/α,β-unsaturated/α-hetero) is 1. The maximum absolute atomic E-state index is 13.0. The predicted octanol–water partition coefficient (Wildman–Crippen LogP) is 3.20. The van der Waals surface area contributed by atoms with Gasteiger partial charge in [-0.15, -0.1) is 0 Å². The first-order valence-electron chi connectivity index (χ1n) is 10.9. The van der Waals surface area contributed by atoms with Crippen LogP contribution < -0.4 is 5.32 Å². The lowest BCUT2D eigenvalue weighted by atomic mass is 10.1. The topological polar surface area (TPSA) is 71.4 Å². The average Bonchev–Trinajstić information content (AvgIpc) is 3.17. The van der Waals surface area contributed by atoms with Crippen molar-refractivity contribution in [3.05, 3.63) is 71.9 Å². The normalized spacial score (nSPS) is 13.9. The number of para-hydroxylation sites is 1. The molecular formula is C25H27N3O3. The van der Waals surface area contributed by atoms with Crippen LogP contribution >= 0.6 is 0 Å². The molecule has 1 fully saturated rings. The number of hydrogen-bond acceptors (Lipinski definition) is 3. The molecule has 0 unspecified atom stereocenters. The van der Waals surface area contributed by atoms with Gasteiger partial charge in [0.25, 0.3) is 11.7 Å². The maximum atomic E-state index is 13.0. The molecule has 6 heteroatoms. The van der Waals surface area contributed by atoms with Crippen molar-refractivity contribution in [3.63, 3.8) is 0 Å². The zero-order valence-corrected chi connectivity index (χ0v) is 17.5. The van der Waals surface area contributed by atoms with Crippen LogP contribution in [0.1, 0.15) is 35.2 Å². The highest BCUT2D eigenvalue weighted by atomic mass is 16.2. The van der Waals surface area contributed by atoms with Gasteiger partial charge in [-0.25, -0.2) is 0 Å². The van der Waals surface area contributed by atoms with E-state index in [1.54, 1.807) is 15.7 Å². The molecule has 0 saturated carbocycles. The summed E-state index contributed by atoms with van der Waals surface area (Å²) in [7, 11) is 0. The number of benzene rings is 2. The number of rotatable bonds is 7. The summed E-state index contributed by atoms with van der Waals surface area (Å²) in [6, 6.07) is 17.4. The molecule has 2 aromatic carbocycles. The van der Waals surface area contributed by atoms with Crippen molar-refractivity contribution >= 4 is 28.5 Å². The number of amides is 2. The first kappa shape index (κ1) is 20.8. The van der Waals surface area contributed by atoms with Crippen LogP contribution in [0.5, 0.6) is 0 Å². The summed E-state index contributed by atoms with van der Waals surface area (Å²) in [5, 5.41) is 3.64. The smallest absolute Gasteiger partial charge is 0.295 e. The summed E-state index contributed by atoms with van der Waals surface area (Å²) in [5.74, 6) is -1.07. The summed E-state index contributed by atoms with van der Waals surface area (Å²) < 4.78 is 1.75. The number of ketones is 1. The standard InChI is InChI=1S/C25H27N3O3/c29-23(26-14-13-19-9-3-1-4-10-19)18-28-17-21(20-11-5-6-12-22(20)28)24(30)25(31)27-15-7-2-8-16-27/h1,3-6,9-12,17H,2,7-8,13-16,18H2,(H,26,29). The van der Waals surface area contributed by atoms with E-state index in [0.29, 0.717) is 30.6 Å². The second-order valence-electron chi connectivity index (χ2n) is 7.96. The Balaban J connectivity index is 1.46. The second-order valence-corrected chi connectivity index (χ2v) is 7.96. The minimum atomic E-state index is -0.499. The number of carbonyl (C=O) groups is 3. The fourth-order valence-electron chi connectivity index (χ4n) is 4.12. The molecule has 1 aliphatic rings. The second kappa shape index (κ2) is 9.60. The Morgan fingerprint density at radius 3 is 2.35 bits per heavy atom. The summed E-state index contributed by atoms with van der Waals surface area (Å²) in [4.78, 5) is 39.9. The lowest BCUT2D eigenvalue weighted by Crippen LogP contribution is -2.40. The summed E-state index contributed by atoms with van der Waals surface area (Å²) in [6.07, 6.45) is 5.36. The number of aromatic nitrogens is 1. The number of hydrogen-bond donors (Lipinski definition) is 1. The summed E-state index contributed by atoms with van der Waals surface area (Å²) >= 11 is 0. The third-order valence-electron chi connectivity index (χ3n) is 5.76. The fourth-order valence-corrected chi connectivity index (χ4v) is 4.12. The Morgan fingerprint density at radius 2 is 1.58 bits per heavy atom. The third-order valence-corrected chi connectivity index (χ3v) is 5.76. The van der Waals surface area contributed by atoms with E-state index in [1.807, 2.05) is 54.6 Å². The average molecular weight is 418 g/mol. The van der Waals surface area contributed by atoms with Gasteiger partial charge in [0.2, 0.25) is 5.91 Å². The van der Waals surface area contributed by atoms with E-state index in [0.717, 1.165) is 31.2 Å². The fraction of sp³-hybridized carbons (Fsp3) is 0.320. The maximum Gasteiger partial charge on any atom is 0.295 e. The van der Waals surface area contributed by atoms with Crippen LogP contribution in [0, 0.1) is 0 Å². The van der Waals surface area contributed by atoms with Crippen LogP contribution in [0.15, 0.2) is 60.8 Å². The first-order valence-corrected chi connectivity index (χ1v) is 10.9. The zero-order chi connectivity index (χ0) is 21.6. The van der Waals surface area contributed by atoms with Crippen LogP contribution in [0.2, 0.25) is 0 Å². The van der Waals surface area contributed by atoms with E-state index in [9.17, 15) is 14.4 Å². The third kappa shape index (κ3) is 4.85. The molecule has 1 aliphatic heterocycles. The van der Waals surface area contributed by atoms with Gasteiger partial charge >= 0.3 is 0 Å². The molecule has 0 bridgehead atoms. The Hall–Kier alpha value is -3.41. The van der Waals surface area contributed by atoms with E-state index in [4.69, 9.17) is 0 Å². The quantitative estimate of drug-likeness (QED) is 0.474. The highest BCUT2D eigenvalue weighted by Crippen LogP contribution is 2.23. The van der Waals surface area contributed by atoms with Crippen LogP contribution in [-0.4, -0.2) is 46.7 Å². The lowest BCUT2D eigenvalue weighted by molar-refractivity contribution is -0.127. The lowest BCUT2D eigenvalue weighted by Gasteiger charge is -2.25. The van der Waals surface area contributed by atoms with Gasteiger partial charge in [-0.05, 0) is 37.3 Å². The van der Waals surface area contributed by atoms with E-state index >= 15 is 0 Å². The minimum absolute atomic E-state index is 0.0977. The van der Waals surface area contributed by atoms with Crippen LogP contribution in [-0.2, 0) is 22.6 Å². The zero-order valence-electron chi connectivity index (χ0n) is 17.5. The van der Waals surface area contributed by atoms with Gasteiger partial charge in [0.1, 0.15) is 6.54 Å². The van der Waals surface area contributed by atoms with Crippen molar-refractivity contribution < 1.29 is 14.4 Å². The van der Waals surface area contributed by atoms with Gasteiger partial charge in [0.05, 0.1) is 5.56 Å². The van der Waals surface area contributed by atoms with Crippen molar-refractivity contribution in [2.45, 2.75) is 32.2 Å². The first-order chi connectivity index (χ1) is 15.1. The molecule has 0 spiro atoms. The molecule has 2 amide bonds. The van der Waals surface area contributed by atoms with E-state index in [2.05, 4.69) is 5.32 Å². The molecule has 0 atom stereocenters. The number of piperidine rings is 1. The summed E-state index contributed by atoms with van der Waals surface area (Å²) in [6.45, 7) is 1.90. The van der Waals surface area contributed by atoms with Crippen molar-refractivity contribution in [2.24, 2.45) is 0 Å². The Morgan fingerprint density at radius 1 is 0.871 bits per heavy atom. The predicted molar refractivity (Wildman–Crippen MR) is 120 cm³/mol. The number of nitrogens with one attached hydrogen (secondary N) is 1. The van der Waals surface area contributed by atoms with E-state index in [1.165, 1.54) is 5.56 Å². The molecule has 2 heterocycles. The van der Waals surface area contributed by atoms with Crippen molar-refractivity contribution in [1.82, 2.24) is 14.8 Å². The Kier molecular flexibility index (Phi) is 6.46.